The van der Waals surface area contributed by atoms with Crippen molar-refractivity contribution < 1.29 is 47.3 Å². The summed E-state index contributed by atoms with van der Waals surface area (Å²) < 4.78 is 61.5. The summed E-state index contributed by atoms with van der Waals surface area (Å²) in [7, 11) is 4.02. The summed E-state index contributed by atoms with van der Waals surface area (Å²) in [5.74, 6) is 1.52. The van der Waals surface area contributed by atoms with E-state index in [9.17, 15) is 25.0 Å². The lowest BCUT2D eigenvalue weighted by atomic mass is 9.79. The second-order valence-corrected chi connectivity index (χ2v) is 19.0. The highest BCUT2D eigenvalue weighted by Gasteiger charge is 2.65. The van der Waals surface area contributed by atoms with E-state index in [0.29, 0.717) is 22.6 Å². The van der Waals surface area contributed by atoms with Gasteiger partial charge >= 0.3 is 5.69 Å². The molecule has 7 rings (SSSR count). The maximum atomic E-state index is 14.1. The number of aromatic amines is 1. The highest BCUT2D eigenvalue weighted by molar-refractivity contribution is 7.51. The Morgan fingerprint density at radius 2 is 1.48 bits per heavy atom. The third kappa shape index (κ3) is 10.00. The Kier molecular flexibility index (Phi) is 15.9. The van der Waals surface area contributed by atoms with Crippen molar-refractivity contribution in [3.63, 3.8) is 0 Å². The molecule has 4 aromatic carbocycles. The van der Waals surface area contributed by atoms with Crippen LogP contribution in [0, 0.1) is 28.4 Å². The highest BCUT2D eigenvalue weighted by atomic mass is 31.2. The summed E-state index contributed by atoms with van der Waals surface area (Å²) in [6, 6.07) is 29.3. The van der Waals surface area contributed by atoms with Crippen LogP contribution in [0.5, 0.6) is 23.0 Å². The minimum atomic E-state index is -1.93. The standard InChI is InChI=1S/C50H58N5O13P/c1-31(2)54(32(3)4)69(66-25-13-24-51)44-43-46(53-28-33(5)45(56)52-48(53)57)68-49(44,29-64-47(67-43)39-26-41(62-8)42(63-9)27-40(39)55(58)59)30-65-50(34-14-11-10-12-15-34,35-16-20-37(60-6)21-17-35)36-18-22-38(61-7)23-19-36/h10-12,14-23,26-28,31-32,43-44,46-47H,13,25,29-30H2,1-9H3,(H,52,56,57)/t43-,44-,46-,47-,49+,69?/m1/s1. The average Bonchev–Trinajstić information content (AvgIpc) is 3.55. The number of H-pyrrole nitrogens is 1. The molecule has 1 N–H and O–H groups in total. The molecule has 3 heterocycles. The number of ether oxygens (including phenoxy) is 8. The molecule has 2 saturated heterocycles. The van der Waals surface area contributed by atoms with Crippen LogP contribution in [-0.4, -0.2) is 96.9 Å². The van der Waals surface area contributed by atoms with E-state index in [1.165, 1.54) is 37.1 Å². The molecule has 19 heteroatoms. The van der Waals surface area contributed by atoms with Gasteiger partial charge in [-0.25, -0.2) is 4.79 Å². The molecule has 0 amide bonds. The van der Waals surface area contributed by atoms with Crippen molar-refractivity contribution in [3.8, 4) is 29.1 Å². The van der Waals surface area contributed by atoms with Gasteiger partial charge in [-0.1, -0.05) is 54.6 Å². The summed E-state index contributed by atoms with van der Waals surface area (Å²) in [5.41, 5.74) is -3.29. The van der Waals surface area contributed by atoms with Crippen LogP contribution in [-0.2, 0) is 29.1 Å². The van der Waals surface area contributed by atoms with Gasteiger partial charge in [0.05, 0.1) is 83.0 Å². The van der Waals surface area contributed by atoms with Crippen LogP contribution in [0.1, 0.15) is 74.5 Å². The fourth-order valence-electron chi connectivity index (χ4n) is 9.20. The van der Waals surface area contributed by atoms with Crippen LogP contribution in [0.15, 0.2) is 107 Å². The number of rotatable bonds is 20. The molecule has 0 radical (unpaired) electrons. The summed E-state index contributed by atoms with van der Waals surface area (Å²) in [6.07, 6.45) is -2.55. The fraction of sp³-hybridized carbons (Fsp3) is 0.420. The van der Waals surface area contributed by atoms with Gasteiger partial charge in [0.25, 0.3) is 11.2 Å². The van der Waals surface area contributed by atoms with Crippen molar-refractivity contribution in [2.75, 3.05) is 48.3 Å². The SMILES string of the molecule is COc1ccc(C(OC[C@]23CO[C@@H](c4cc(OC)c(OC)cc4[N+](=O)[O-])O[C@@H]([C@H](n4cc(C)c(=O)[nH]c4=O)O2)[C@H]3P(OCCC#N)N(C(C)C)C(C)C)(c2ccccc2)c2ccc(OC)cc2)cc1. The Balaban J connectivity index is 1.53. The zero-order valence-corrected chi connectivity index (χ0v) is 41.0. The summed E-state index contributed by atoms with van der Waals surface area (Å²) in [6.45, 7) is 9.09. The lowest BCUT2D eigenvalue weighted by molar-refractivity contribution is -0.387. The van der Waals surface area contributed by atoms with Gasteiger partial charge in [-0.2, -0.15) is 5.26 Å². The van der Waals surface area contributed by atoms with Gasteiger partial charge in [0.1, 0.15) is 37.1 Å². The molecular weight excluding hydrogens is 910 g/mol. The first-order chi connectivity index (χ1) is 33.2. The molecule has 2 aliphatic rings. The van der Waals surface area contributed by atoms with E-state index < -0.39 is 60.0 Å². The summed E-state index contributed by atoms with van der Waals surface area (Å²) >= 11 is 0. The number of nitrogens with one attached hydrogen (secondary N) is 1. The van der Waals surface area contributed by atoms with Crippen molar-refractivity contribution in [2.45, 2.75) is 88.6 Å². The number of nitrogens with zero attached hydrogens (tertiary/aromatic N) is 4. The Morgan fingerprint density at radius 1 is 0.899 bits per heavy atom. The molecule has 2 fully saturated rings. The quantitative estimate of drug-likeness (QED) is 0.0258. The molecule has 69 heavy (non-hydrogen) atoms. The number of fused-ring (bicyclic) bond motifs is 2. The average molecular weight is 968 g/mol. The maximum absolute atomic E-state index is 14.1. The van der Waals surface area contributed by atoms with E-state index >= 15 is 0 Å². The molecule has 5 aromatic rings. The molecule has 18 nitrogen and oxygen atoms in total. The van der Waals surface area contributed by atoms with Gasteiger partial charge in [0.15, 0.2) is 24.0 Å². The number of methoxy groups -OCH3 is 4. The highest BCUT2D eigenvalue weighted by Crippen LogP contribution is 2.63. The van der Waals surface area contributed by atoms with Crippen molar-refractivity contribution in [2.24, 2.45) is 0 Å². The van der Waals surface area contributed by atoms with Crippen molar-refractivity contribution in [1.82, 2.24) is 14.2 Å². The Bertz CT molecular complexity index is 2670. The first-order valence-corrected chi connectivity index (χ1v) is 23.7. The van der Waals surface area contributed by atoms with Crippen LogP contribution in [0.4, 0.5) is 5.69 Å². The minimum absolute atomic E-state index is 0.00170. The largest absolute Gasteiger partial charge is 0.497 e. The Morgan fingerprint density at radius 3 is 2.01 bits per heavy atom. The van der Waals surface area contributed by atoms with E-state index in [2.05, 4.69) is 15.7 Å². The van der Waals surface area contributed by atoms with Gasteiger partial charge in [0.2, 0.25) is 0 Å². The zero-order chi connectivity index (χ0) is 49.6. The molecule has 1 aromatic heterocycles. The van der Waals surface area contributed by atoms with Crippen molar-refractivity contribution >= 4 is 14.0 Å². The predicted octanol–water partition coefficient (Wildman–Crippen LogP) is 7.91. The van der Waals surface area contributed by atoms with Gasteiger partial charge in [-0.15, -0.1) is 0 Å². The van der Waals surface area contributed by atoms with E-state index in [4.69, 9.17) is 42.4 Å². The molecule has 0 aliphatic carbocycles. The van der Waals surface area contributed by atoms with Crippen LogP contribution in [0.3, 0.4) is 0 Å². The fourth-order valence-corrected chi connectivity index (χ4v) is 12.0. The number of hydrogen-bond acceptors (Lipinski definition) is 15. The van der Waals surface area contributed by atoms with Crippen molar-refractivity contribution in [1.29, 1.82) is 5.26 Å². The molecule has 0 spiro atoms. The van der Waals surface area contributed by atoms with Crippen LogP contribution in [0.25, 0.3) is 0 Å². The summed E-state index contributed by atoms with van der Waals surface area (Å²) in [5, 5.41) is 22.7. The molecule has 366 valence electrons. The number of benzene rings is 4. The van der Waals surface area contributed by atoms with E-state index in [1.54, 1.807) is 21.1 Å². The van der Waals surface area contributed by atoms with Gasteiger partial charge in [-0.3, -0.25) is 29.1 Å². The normalized spacial score (nSPS) is 20.6. The number of nitro benzene ring substituents is 1. The summed E-state index contributed by atoms with van der Waals surface area (Å²) in [4.78, 5) is 41.8. The van der Waals surface area contributed by atoms with Crippen LogP contribution in [0.2, 0.25) is 0 Å². The Labute approximate surface area is 401 Å². The van der Waals surface area contributed by atoms with Gasteiger partial charge in [-0.05, 0) is 81.6 Å². The van der Waals surface area contributed by atoms with E-state index in [0.717, 1.165) is 5.56 Å². The Hall–Kier alpha value is -6.16. The zero-order valence-electron chi connectivity index (χ0n) is 40.1. The molecule has 2 aliphatic heterocycles. The number of nitro groups is 1. The molecule has 0 saturated carbocycles. The monoisotopic (exact) mass is 967 g/mol. The number of hydrogen-bond donors (Lipinski definition) is 1. The molecule has 6 atom stereocenters. The topological polar surface area (TPSA) is 208 Å². The van der Waals surface area contributed by atoms with E-state index in [-0.39, 0.29) is 66.6 Å². The third-order valence-electron chi connectivity index (χ3n) is 12.3. The second kappa shape index (κ2) is 21.6. The van der Waals surface area contributed by atoms with Gasteiger partial charge in [0, 0.05) is 23.8 Å². The molecular formula is C50H58N5O13P. The van der Waals surface area contributed by atoms with E-state index in [1.807, 2.05) is 107 Å². The van der Waals surface area contributed by atoms with Crippen LogP contribution >= 0.6 is 8.30 Å². The first kappa shape index (κ1) is 50.7. The second-order valence-electron chi connectivity index (χ2n) is 17.2. The maximum Gasteiger partial charge on any atom is 0.330 e. The predicted molar refractivity (Wildman–Crippen MR) is 256 cm³/mol. The smallest absolute Gasteiger partial charge is 0.330 e. The number of aromatic nitrogens is 2. The number of nitriles is 1. The first-order valence-electron chi connectivity index (χ1n) is 22.4. The molecule has 2 bridgehead atoms. The van der Waals surface area contributed by atoms with Crippen LogP contribution < -0.4 is 30.2 Å². The lowest BCUT2D eigenvalue weighted by Crippen LogP contribution is -2.53. The minimum Gasteiger partial charge on any atom is -0.497 e. The van der Waals surface area contributed by atoms with Crippen molar-refractivity contribution in [3.05, 3.63) is 156 Å². The lowest BCUT2D eigenvalue weighted by Gasteiger charge is -2.46. The number of aryl methyl sites for hydroxylation is 1. The van der Waals surface area contributed by atoms with Gasteiger partial charge < -0.3 is 42.4 Å². The third-order valence-corrected chi connectivity index (χ3v) is 15.4. The molecule has 1 unspecified atom stereocenters.